The Morgan fingerprint density at radius 2 is 1.53 bits per heavy atom. The smallest absolute Gasteiger partial charge is 0.307 e. The van der Waals surface area contributed by atoms with Crippen molar-refractivity contribution in [3.8, 4) is 38.8 Å². The quantitative estimate of drug-likeness (QED) is 0.0637. The Kier molecular flexibility index (Phi) is 21.1. The van der Waals surface area contributed by atoms with Crippen LogP contribution in [0.4, 0.5) is 4.39 Å². The van der Waals surface area contributed by atoms with Crippen LogP contribution < -0.4 is 14.2 Å². The summed E-state index contributed by atoms with van der Waals surface area (Å²) in [5.41, 5.74) is 5.50. The summed E-state index contributed by atoms with van der Waals surface area (Å²) in [6.07, 6.45) is 7.00. The molecule has 79 heavy (non-hydrogen) atoms. The number of rotatable bonds is 22. The van der Waals surface area contributed by atoms with Crippen molar-refractivity contribution < 1.29 is 52.2 Å². The van der Waals surface area contributed by atoms with Crippen LogP contribution in [0, 0.1) is 31.5 Å². The van der Waals surface area contributed by atoms with Crippen LogP contribution in [0.15, 0.2) is 61.1 Å². The van der Waals surface area contributed by atoms with Crippen LogP contribution in [0.5, 0.6) is 17.2 Å². The molecule has 0 radical (unpaired) electrons. The van der Waals surface area contributed by atoms with E-state index in [0.717, 1.165) is 79.3 Å². The molecule has 424 valence electrons. The number of piperazine rings is 1. The summed E-state index contributed by atoms with van der Waals surface area (Å²) in [6.45, 7) is 12.8. The molecule has 6 heterocycles. The second-order valence-corrected chi connectivity index (χ2v) is 22.3. The predicted molar refractivity (Wildman–Crippen MR) is 303 cm³/mol. The van der Waals surface area contributed by atoms with Crippen LogP contribution in [0.2, 0.25) is 10.0 Å². The van der Waals surface area contributed by atoms with Crippen molar-refractivity contribution >= 4 is 50.7 Å². The minimum Gasteiger partial charge on any atom is -0.490 e. The molecule has 0 amide bonds. The van der Waals surface area contributed by atoms with Crippen molar-refractivity contribution in [1.29, 1.82) is 0 Å². The fraction of sp³-hybridized carbons (Fsp3) is 0.508. The third kappa shape index (κ3) is 15.1. The number of carbonyl (C=O) groups is 1. The zero-order valence-electron chi connectivity index (χ0n) is 45.5. The number of carboxylic acids is 1. The second-order valence-electron chi connectivity index (χ2n) is 20.5. The summed E-state index contributed by atoms with van der Waals surface area (Å²) in [7, 11) is 3.76. The van der Waals surface area contributed by atoms with E-state index in [9.17, 15) is 14.3 Å². The van der Waals surface area contributed by atoms with Gasteiger partial charge in [-0.3, -0.25) is 9.69 Å². The number of thiophene rings is 1. The highest BCUT2D eigenvalue weighted by molar-refractivity contribution is 7.22. The lowest BCUT2D eigenvalue weighted by atomic mass is 9.79. The largest absolute Gasteiger partial charge is 0.490 e. The molecule has 4 aliphatic rings. The summed E-state index contributed by atoms with van der Waals surface area (Å²) in [6, 6.07) is 13.7. The molecule has 1 unspecified atom stereocenters. The van der Waals surface area contributed by atoms with Gasteiger partial charge in [0, 0.05) is 74.2 Å². The molecule has 1 aliphatic carbocycles. The van der Waals surface area contributed by atoms with Gasteiger partial charge in [0.1, 0.15) is 53.6 Å². The second kappa shape index (κ2) is 28.5. The van der Waals surface area contributed by atoms with Gasteiger partial charge in [-0.1, -0.05) is 48.2 Å². The minimum atomic E-state index is -1.01. The van der Waals surface area contributed by atoms with Gasteiger partial charge in [-0.25, -0.2) is 24.3 Å². The minimum absolute atomic E-state index is 0.0371. The Labute approximate surface area is 475 Å². The van der Waals surface area contributed by atoms with Gasteiger partial charge in [0.15, 0.2) is 5.75 Å². The molecule has 1 N–H and O–H groups in total. The highest BCUT2D eigenvalue weighted by Crippen LogP contribution is 2.52. The van der Waals surface area contributed by atoms with Crippen LogP contribution in [-0.4, -0.2) is 160 Å². The Balaban J connectivity index is 0.978. The summed E-state index contributed by atoms with van der Waals surface area (Å²) in [4.78, 5) is 39.1. The number of hydrogen-bond acceptors (Lipinski definition) is 16. The molecule has 6 aromatic rings. The fourth-order valence-electron chi connectivity index (χ4n) is 10.7. The van der Waals surface area contributed by atoms with Gasteiger partial charge in [0.2, 0.25) is 0 Å². The zero-order chi connectivity index (χ0) is 55.3. The predicted octanol–water partition coefficient (Wildman–Crippen LogP) is 10.3. The summed E-state index contributed by atoms with van der Waals surface area (Å²) < 4.78 is 62.5. The first-order valence-electron chi connectivity index (χ1n) is 27.3. The number of ether oxygens (including phenoxy) is 8. The molecule has 2 fully saturated rings. The first kappa shape index (κ1) is 58.5. The Morgan fingerprint density at radius 1 is 0.835 bits per heavy atom. The molecule has 3 aromatic carbocycles. The van der Waals surface area contributed by atoms with Gasteiger partial charge >= 0.3 is 5.97 Å². The van der Waals surface area contributed by atoms with Crippen molar-refractivity contribution in [2.24, 2.45) is 11.8 Å². The van der Waals surface area contributed by atoms with Gasteiger partial charge < -0.3 is 47.9 Å². The Bertz CT molecular complexity index is 2960. The molecule has 4 bridgehead atoms. The Morgan fingerprint density at radius 3 is 2.24 bits per heavy atom. The number of carboxylic acid groups (broad SMARTS) is 1. The monoisotopic (exact) mass is 1140 g/mol. The van der Waals surface area contributed by atoms with Gasteiger partial charge in [-0.15, -0.1) is 11.3 Å². The molecule has 4 atom stereocenters. The van der Waals surface area contributed by atoms with E-state index in [2.05, 4.69) is 16.8 Å². The van der Waals surface area contributed by atoms with Gasteiger partial charge in [-0.2, -0.15) is 0 Å². The number of benzene rings is 3. The van der Waals surface area contributed by atoms with Crippen molar-refractivity contribution in [1.82, 2.24) is 29.7 Å². The summed E-state index contributed by atoms with van der Waals surface area (Å²) in [5.74, 6) is 0.128. The number of methoxy groups -OCH3 is 1. The van der Waals surface area contributed by atoms with Crippen LogP contribution >= 0.6 is 34.5 Å². The van der Waals surface area contributed by atoms with Gasteiger partial charge in [0.05, 0.1) is 86.8 Å². The molecule has 3 aliphatic heterocycles. The first-order chi connectivity index (χ1) is 38.4. The lowest BCUT2D eigenvalue weighted by Gasteiger charge is -2.35. The number of aromatic nitrogens is 4. The standard InChI is InChI=1S/C59H71Cl2FN6O10S/c1-37-50-38(2)54(61)55(53(37)60)78-46(32-68-19-17-67(3)18-20-68)35-76-45-13-14-49(41(30-45)29-42(59(69)70)31-48-51-52(50)56(79-58(51)65-36-64-48)39-9-11-43(62)12-10-39)77-34-44-15-16-63-57(66-44)47-8-6-5-7-40(47)33-75-28-27-74-26-25-73-24-23-72-22-21-71-4/h9-16,30,36,40,42,46-47H,5-8,17-29,31-35H2,1-4H3,(H,69,70)/t40-,42-,46?,47+/m0/s1. The molecular weight excluding hydrogens is 1070 g/mol. The summed E-state index contributed by atoms with van der Waals surface area (Å²) in [5, 5.41) is 12.5. The van der Waals surface area contributed by atoms with E-state index >= 15 is 0 Å². The fourth-order valence-corrected chi connectivity index (χ4v) is 12.4. The average molecular weight is 1150 g/mol. The van der Waals surface area contributed by atoms with Crippen molar-refractivity contribution in [2.45, 2.75) is 71.0 Å². The highest BCUT2D eigenvalue weighted by atomic mass is 35.5. The van der Waals surface area contributed by atoms with Crippen LogP contribution in [0.1, 0.15) is 65.5 Å². The van der Waals surface area contributed by atoms with Crippen molar-refractivity contribution in [3.63, 3.8) is 0 Å². The molecule has 1 saturated carbocycles. The summed E-state index contributed by atoms with van der Waals surface area (Å²) >= 11 is 16.2. The number of likely N-dealkylation sites (N-methyl/N-ethyl adjacent to an activating group) is 1. The van der Waals surface area contributed by atoms with E-state index in [1.165, 1.54) is 29.8 Å². The third-order valence-electron chi connectivity index (χ3n) is 15.0. The normalized spacial score (nSPS) is 19.3. The number of hydrogen-bond donors (Lipinski definition) is 1. The molecule has 16 nitrogen and oxygen atoms in total. The maximum atomic E-state index is 14.5. The molecule has 10 rings (SSSR count). The van der Waals surface area contributed by atoms with E-state index in [-0.39, 0.29) is 43.7 Å². The number of halogens is 3. The van der Waals surface area contributed by atoms with Crippen LogP contribution in [0.3, 0.4) is 0 Å². The van der Waals surface area contributed by atoms with Gasteiger partial charge in [-0.05, 0) is 110 Å². The number of aliphatic carboxylic acids is 1. The van der Waals surface area contributed by atoms with E-state index in [1.807, 2.05) is 38.1 Å². The molecule has 3 aromatic heterocycles. The number of fused-ring (bicyclic) bond motifs is 7. The topological polar surface area (TPSA) is 169 Å². The van der Waals surface area contributed by atoms with E-state index in [1.54, 1.807) is 25.4 Å². The highest BCUT2D eigenvalue weighted by Gasteiger charge is 2.33. The SMILES string of the molecule is COCCOCCOCCOCCOC[C@@H]1CCCC[C@H]1c1nccc(COc2ccc3cc2C[C@H](C(=O)O)Cc2ncnc4sc(-c5ccc(F)cc5)c(c24)-c2c(C)c(Cl)c(c(Cl)c2C)OC(CN2CCN(C)CC2)CO3)n1. The Hall–Kier alpha value is -5.12. The first-order valence-corrected chi connectivity index (χ1v) is 28.8. The van der Waals surface area contributed by atoms with E-state index < -0.39 is 18.0 Å². The van der Waals surface area contributed by atoms with E-state index in [4.69, 9.17) is 81.0 Å². The lowest BCUT2D eigenvalue weighted by Crippen LogP contribution is -2.49. The van der Waals surface area contributed by atoms with Crippen molar-refractivity contribution in [2.75, 3.05) is 113 Å². The van der Waals surface area contributed by atoms with Crippen molar-refractivity contribution in [3.05, 3.63) is 111 Å². The van der Waals surface area contributed by atoms with Gasteiger partial charge in [0.25, 0.3) is 0 Å². The third-order valence-corrected chi connectivity index (χ3v) is 17.1. The lowest BCUT2D eigenvalue weighted by molar-refractivity contribution is -0.141. The van der Waals surface area contributed by atoms with Crippen LogP contribution in [-0.2, 0) is 47.9 Å². The molecule has 0 spiro atoms. The average Bonchev–Trinajstić information content (AvgIpc) is 4.11. The van der Waals surface area contributed by atoms with Crippen LogP contribution in [0.25, 0.3) is 31.8 Å². The zero-order valence-corrected chi connectivity index (χ0v) is 47.8. The number of nitrogens with zero attached hydrogens (tertiary/aromatic N) is 6. The molecule has 1 saturated heterocycles. The molecule has 20 heteroatoms. The maximum absolute atomic E-state index is 14.5. The maximum Gasteiger partial charge on any atom is 0.307 e. The molecular formula is C59H71Cl2FN6O10S. The van der Waals surface area contributed by atoms with E-state index in [0.29, 0.717) is 132 Å².